The van der Waals surface area contributed by atoms with Crippen molar-refractivity contribution in [3.63, 3.8) is 0 Å². The summed E-state index contributed by atoms with van der Waals surface area (Å²) in [5.74, 6) is 0.0495. The lowest BCUT2D eigenvalue weighted by molar-refractivity contribution is -0.119. The fourth-order valence-electron chi connectivity index (χ4n) is 2.50. The second-order valence-corrected chi connectivity index (χ2v) is 5.06. The van der Waals surface area contributed by atoms with Crippen molar-refractivity contribution in [2.45, 2.75) is 25.3 Å². The number of amides is 1. The highest BCUT2D eigenvalue weighted by Gasteiger charge is 2.27. The zero-order valence-corrected chi connectivity index (χ0v) is 10.9. The van der Waals surface area contributed by atoms with Crippen LogP contribution in [0.15, 0.2) is 30.6 Å². The fraction of sp³-hybridized carbons (Fsp3) is 0.385. The molecule has 2 aromatic rings. The fourth-order valence-corrected chi connectivity index (χ4v) is 2.50. The van der Waals surface area contributed by atoms with E-state index in [2.05, 4.69) is 20.8 Å². The first-order valence-corrected chi connectivity index (χ1v) is 6.62. The lowest BCUT2D eigenvalue weighted by Crippen LogP contribution is -2.23. The Bertz CT molecular complexity index is 597. The molecule has 1 aliphatic carbocycles. The molecule has 0 spiro atoms. The minimum absolute atomic E-state index is 0.0155. The van der Waals surface area contributed by atoms with Crippen LogP contribution in [0.3, 0.4) is 0 Å². The van der Waals surface area contributed by atoms with Crippen molar-refractivity contribution in [3.05, 3.63) is 30.6 Å². The number of nitrogens with one attached hydrogen (secondary N) is 1. The predicted molar refractivity (Wildman–Crippen MR) is 73.1 cm³/mol. The van der Waals surface area contributed by atoms with Gasteiger partial charge >= 0.3 is 0 Å². The number of nitrogens with zero attached hydrogens (tertiary/aromatic N) is 4. The average molecular weight is 272 g/mol. The van der Waals surface area contributed by atoms with Crippen molar-refractivity contribution >= 4 is 11.6 Å². The molecule has 0 radical (unpaired) electrons. The zero-order chi connectivity index (χ0) is 13.9. The molecule has 20 heavy (non-hydrogen) atoms. The maximum Gasteiger partial charge on any atom is 0.227 e. The maximum absolute atomic E-state index is 12.1. The molecule has 1 amide bonds. The van der Waals surface area contributed by atoms with Gasteiger partial charge in [-0.15, -0.1) is 5.10 Å². The second kappa shape index (κ2) is 5.38. The largest absolute Gasteiger partial charge is 0.328 e. The molecule has 2 unspecified atom stereocenters. The minimum Gasteiger partial charge on any atom is -0.328 e. The Morgan fingerprint density at radius 1 is 1.40 bits per heavy atom. The van der Waals surface area contributed by atoms with Gasteiger partial charge in [0.25, 0.3) is 0 Å². The second-order valence-electron chi connectivity index (χ2n) is 5.06. The molecule has 7 heteroatoms. The van der Waals surface area contributed by atoms with Crippen LogP contribution in [0.5, 0.6) is 0 Å². The van der Waals surface area contributed by atoms with Gasteiger partial charge in [0.1, 0.15) is 6.33 Å². The van der Waals surface area contributed by atoms with E-state index in [9.17, 15) is 4.79 Å². The van der Waals surface area contributed by atoms with Crippen LogP contribution in [-0.2, 0) is 4.79 Å². The van der Waals surface area contributed by atoms with Gasteiger partial charge in [-0.1, -0.05) is 6.07 Å². The molecule has 1 saturated carbocycles. The van der Waals surface area contributed by atoms with Gasteiger partial charge in [0.2, 0.25) is 5.91 Å². The van der Waals surface area contributed by atoms with E-state index in [-0.39, 0.29) is 17.9 Å². The highest BCUT2D eigenvalue weighted by atomic mass is 16.1. The van der Waals surface area contributed by atoms with E-state index in [4.69, 9.17) is 5.73 Å². The molecular formula is C13H16N6O. The van der Waals surface area contributed by atoms with Crippen LogP contribution in [0.4, 0.5) is 5.69 Å². The molecule has 3 N–H and O–H groups in total. The zero-order valence-electron chi connectivity index (χ0n) is 10.9. The Hall–Kier alpha value is -2.28. The van der Waals surface area contributed by atoms with Crippen molar-refractivity contribution in [1.29, 1.82) is 0 Å². The van der Waals surface area contributed by atoms with Gasteiger partial charge in [0, 0.05) is 17.6 Å². The number of hydrogen-bond donors (Lipinski definition) is 2. The van der Waals surface area contributed by atoms with Gasteiger partial charge < -0.3 is 11.1 Å². The Morgan fingerprint density at radius 2 is 2.30 bits per heavy atom. The van der Waals surface area contributed by atoms with Crippen molar-refractivity contribution in [2.24, 2.45) is 11.7 Å². The summed E-state index contributed by atoms with van der Waals surface area (Å²) in [7, 11) is 0. The summed E-state index contributed by atoms with van der Waals surface area (Å²) in [6.45, 7) is 0. The first-order valence-electron chi connectivity index (χ1n) is 6.62. The van der Waals surface area contributed by atoms with Crippen molar-refractivity contribution in [2.75, 3.05) is 5.32 Å². The molecule has 0 aliphatic heterocycles. The number of carbonyl (C=O) groups is 1. The van der Waals surface area contributed by atoms with Gasteiger partial charge in [-0.05, 0) is 47.9 Å². The van der Waals surface area contributed by atoms with Crippen LogP contribution in [0.1, 0.15) is 19.3 Å². The van der Waals surface area contributed by atoms with E-state index in [1.165, 1.54) is 6.33 Å². The van der Waals surface area contributed by atoms with E-state index in [1.54, 1.807) is 4.68 Å². The van der Waals surface area contributed by atoms with Crippen LogP contribution in [-0.4, -0.2) is 32.2 Å². The van der Waals surface area contributed by atoms with E-state index in [0.717, 1.165) is 30.6 Å². The molecule has 3 rings (SSSR count). The number of rotatable bonds is 3. The van der Waals surface area contributed by atoms with Crippen LogP contribution in [0.25, 0.3) is 5.69 Å². The third kappa shape index (κ3) is 2.67. The maximum atomic E-state index is 12.1. The van der Waals surface area contributed by atoms with E-state index in [1.807, 2.05) is 24.3 Å². The molecule has 1 heterocycles. The topological polar surface area (TPSA) is 98.7 Å². The smallest absolute Gasteiger partial charge is 0.227 e. The normalized spacial score (nSPS) is 21.9. The van der Waals surface area contributed by atoms with E-state index in [0.29, 0.717) is 0 Å². The van der Waals surface area contributed by atoms with Gasteiger partial charge in [-0.2, -0.15) is 0 Å². The summed E-state index contributed by atoms with van der Waals surface area (Å²) in [6, 6.07) is 7.56. The van der Waals surface area contributed by atoms with E-state index >= 15 is 0 Å². The third-order valence-corrected chi connectivity index (χ3v) is 3.57. The summed E-state index contributed by atoms with van der Waals surface area (Å²) in [5, 5.41) is 13.9. The first-order chi connectivity index (χ1) is 9.72. The molecule has 0 bridgehead atoms. The lowest BCUT2D eigenvalue weighted by Gasteiger charge is -2.11. The number of carbonyl (C=O) groups excluding carboxylic acids is 1. The Labute approximate surface area is 116 Å². The molecule has 1 aromatic heterocycles. The van der Waals surface area contributed by atoms with Crippen molar-refractivity contribution < 1.29 is 4.79 Å². The third-order valence-electron chi connectivity index (χ3n) is 3.57. The summed E-state index contributed by atoms with van der Waals surface area (Å²) in [4.78, 5) is 12.1. The van der Waals surface area contributed by atoms with Gasteiger partial charge in [-0.3, -0.25) is 4.79 Å². The Balaban J connectivity index is 1.71. The number of nitrogens with two attached hydrogens (primary N) is 1. The predicted octanol–water partition coefficient (Wildman–Crippen LogP) is 0.728. The van der Waals surface area contributed by atoms with Gasteiger partial charge in [0.15, 0.2) is 0 Å². The highest BCUT2D eigenvalue weighted by Crippen LogP contribution is 2.25. The lowest BCUT2D eigenvalue weighted by atomic mass is 10.1. The molecule has 1 fully saturated rings. The summed E-state index contributed by atoms with van der Waals surface area (Å²) in [6.07, 6.45) is 4.05. The molecule has 1 aromatic carbocycles. The Morgan fingerprint density at radius 3 is 3.00 bits per heavy atom. The SMILES string of the molecule is NC1CCC(C(=O)Nc2cccc(-n3cnnn3)c2)C1. The molecule has 0 saturated heterocycles. The molecule has 7 nitrogen and oxygen atoms in total. The highest BCUT2D eigenvalue weighted by molar-refractivity contribution is 5.93. The summed E-state index contributed by atoms with van der Waals surface area (Å²) < 4.78 is 1.54. The number of benzene rings is 1. The number of tetrazole rings is 1. The minimum atomic E-state index is 0.0155. The van der Waals surface area contributed by atoms with Crippen LogP contribution in [0.2, 0.25) is 0 Å². The monoisotopic (exact) mass is 272 g/mol. The molecular weight excluding hydrogens is 256 g/mol. The van der Waals surface area contributed by atoms with Crippen LogP contribution in [0, 0.1) is 5.92 Å². The van der Waals surface area contributed by atoms with E-state index < -0.39 is 0 Å². The Kier molecular flexibility index (Phi) is 3.42. The summed E-state index contributed by atoms with van der Waals surface area (Å²) in [5.41, 5.74) is 7.38. The quantitative estimate of drug-likeness (QED) is 0.858. The number of hydrogen-bond acceptors (Lipinski definition) is 5. The molecule has 2 atom stereocenters. The molecule has 104 valence electrons. The number of aromatic nitrogens is 4. The average Bonchev–Trinajstić information content (AvgIpc) is 3.10. The van der Waals surface area contributed by atoms with Crippen molar-refractivity contribution in [1.82, 2.24) is 20.2 Å². The first kappa shape index (κ1) is 12.7. The van der Waals surface area contributed by atoms with Crippen LogP contribution < -0.4 is 11.1 Å². The summed E-state index contributed by atoms with van der Waals surface area (Å²) >= 11 is 0. The standard InChI is InChI=1S/C13H16N6O/c14-10-5-4-9(6-10)13(20)16-11-2-1-3-12(7-11)19-8-15-17-18-19/h1-3,7-10H,4-6,14H2,(H,16,20). The van der Waals surface area contributed by atoms with Gasteiger partial charge in [-0.25, -0.2) is 4.68 Å². The van der Waals surface area contributed by atoms with Gasteiger partial charge in [0.05, 0.1) is 5.69 Å². The van der Waals surface area contributed by atoms with Crippen LogP contribution >= 0.6 is 0 Å². The number of anilines is 1. The van der Waals surface area contributed by atoms with Crippen molar-refractivity contribution in [3.8, 4) is 5.69 Å². The molecule has 1 aliphatic rings.